The zero-order valence-electron chi connectivity index (χ0n) is 8.19. The molecule has 1 aliphatic rings. The van der Waals surface area contributed by atoms with Gasteiger partial charge >= 0.3 is 0 Å². The lowest BCUT2D eigenvalue weighted by Crippen LogP contribution is -1.87. The van der Waals surface area contributed by atoms with Gasteiger partial charge in [-0.05, 0) is 37.8 Å². The zero-order chi connectivity index (χ0) is 9.64. The Hall–Kier alpha value is -1.44. The summed E-state index contributed by atoms with van der Waals surface area (Å²) in [4.78, 5) is 0. The molecule has 0 fully saturated rings. The Bertz CT molecular complexity index is 339. The van der Waals surface area contributed by atoms with Crippen LogP contribution in [0.4, 0.5) is 5.69 Å². The molecule has 0 saturated carbocycles. The maximum atomic E-state index is 4.24. The fourth-order valence-corrected chi connectivity index (χ4v) is 1.53. The molecule has 1 aromatic carbocycles. The molecule has 0 spiro atoms. The molecule has 72 valence electrons. The Balaban J connectivity index is 2.03. The number of hydrogen-bond donors (Lipinski definition) is 0. The second-order valence-electron chi connectivity index (χ2n) is 3.48. The standard InChI is InChI=1S/C12H14N2/c1-3-7-11(8-4-1)13-14-12-9-5-2-6-10-12/h1,3-4,7-9H,2,5-6,10H2. The molecule has 0 bridgehead atoms. The lowest BCUT2D eigenvalue weighted by Gasteiger charge is -2.05. The molecule has 1 aromatic rings. The van der Waals surface area contributed by atoms with Gasteiger partial charge in [0, 0.05) is 0 Å². The van der Waals surface area contributed by atoms with E-state index >= 15 is 0 Å². The largest absolute Gasteiger partial charge is 0.155 e. The Labute approximate surface area is 84.4 Å². The van der Waals surface area contributed by atoms with Crippen LogP contribution >= 0.6 is 0 Å². The number of benzene rings is 1. The zero-order valence-corrected chi connectivity index (χ0v) is 8.19. The molecule has 0 amide bonds. The van der Waals surface area contributed by atoms with Crippen LogP contribution in [0, 0.1) is 0 Å². The average molecular weight is 186 g/mol. The van der Waals surface area contributed by atoms with Crippen molar-refractivity contribution in [2.24, 2.45) is 10.2 Å². The monoisotopic (exact) mass is 186 g/mol. The fraction of sp³-hybridized carbons (Fsp3) is 0.333. The van der Waals surface area contributed by atoms with Crippen molar-refractivity contribution in [3.8, 4) is 0 Å². The van der Waals surface area contributed by atoms with Crippen molar-refractivity contribution in [3.05, 3.63) is 42.1 Å². The van der Waals surface area contributed by atoms with Crippen LogP contribution in [-0.2, 0) is 0 Å². The van der Waals surface area contributed by atoms with Gasteiger partial charge in [0.2, 0.25) is 0 Å². The van der Waals surface area contributed by atoms with Crippen molar-refractivity contribution < 1.29 is 0 Å². The Morgan fingerprint density at radius 3 is 2.50 bits per heavy atom. The molecule has 0 saturated heterocycles. The summed E-state index contributed by atoms with van der Waals surface area (Å²) in [5.41, 5.74) is 2.07. The lowest BCUT2D eigenvalue weighted by atomic mass is 10.1. The molecule has 0 N–H and O–H groups in total. The van der Waals surface area contributed by atoms with Crippen LogP contribution in [0.15, 0.2) is 52.3 Å². The van der Waals surface area contributed by atoms with E-state index in [1.807, 2.05) is 30.3 Å². The van der Waals surface area contributed by atoms with Gasteiger partial charge in [-0.2, -0.15) is 10.2 Å². The van der Waals surface area contributed by atoms with Gasteiger partial charge in [0.25, 0.3) is 0 Å². The molecule has 0 aliphatic heterocycles. The van der Waals surface area contributed by atoms with Crippen molar-refractivity contribution in [1.82, 2.24) is 0 Å². The highest BCUT2D eigenvalue weighted by atomic mass is 15.1. The first-order chi connectivity index (χ1) is 6.95. The van der Waals surface area contributed by atoms with Crippen LogP contribution in [0.1, 0.15) is 25.7 Å². The second kappa shape index (κ2) is 4.70. The van der Waals surface area contributed by atoms with Gasteiger partial charge in [0.15, 0.2) is 0 Å². The summed E-state index contributed by atoms with van der Waals surface area (Å²) in [6.45, 7) is 0. The fourth-order valence-electron chi connectivity index (χ4n) is 1.53. The minimum Gasteiger partial charge on any atom is -0.155 e. The highest BCUT2D eigenvalue weighted by molar-refractivity contribution is 5.35. The van der Waals surface area contributed by atoms with Gasteiger partial charge in [-0.1, -0.05) is 24.3 Å². The number of allylic oxidation sites excluding steroid dienone is 2. The third kappa shape index (κ3) is 2.52. The topological polar surface area (TPSA) is 24.7 Å². The lowest BCUT2D eigenvalue weighted by molar-refractivity contribution is 0.689. The van der Waals surface area contributed by atoms with E-state index < -0.39 is 0 Å². The third-order valence-corrected chi connectivity index (χ3v) is 2.32. The maximum absolute atomic E-state index is 4.24. The molecular formula is C12H14N2. The summed E-state index contributed by atoms with van der Waals surface area (Å²) in [7, 11) is 0. The van der Waals surface area contributed by atoms with Crippen molar-refractivity contribution in [1.29, 1.82) is 0 Å². The molecule has 0 heterocycles. The van der Waals surface area contributed by atoms with Gasteiger partial charge in [-0.25, -0.2) is 0 Å². The van der Waals surface area contributed by atoms with Gasteiger partial charge in [-0.3, -0.25) is 0 Å². The highest BCUT2D eigenvalue weighted by Gasteiger charge is 2.01. The molecule has 2 heteroatoms. The van der Waals surface area contributed by atoms with Crippen LogP contribution in [0.2, 0.25) is 0 Å². The summed E-state index contributed by atoms with van der Waals surface area (Å²) >= 11 is 0. The first-order valence-electron chi connectivity index (χ1n) is 5.11. The Morgan fingerprint density at radius 2 is 1.79 bits per heavy atom. The van der Waals surface area contributed by atoms with Crippen molar-refractivity contribution in [3.63, 3.8) is 0 Å². The molecule has 0 aromatic heterocycles. The summed E-state index contributed by atoms with van der Waals surface area (Å²) in [5, 5.41) is 8.43. The summed E-state index contributed by atoms with van der Waals surface area (Å²) in [5.74, 6) is 0. The first kappa shape index (κ1) is 9.13. The minimum absolute atomic E-state index is 0.930. The SMILES string of the molecule is C1=C(N=Nc2ccccc2)CCCC1. The van der Waals surface area contributed by atoms with Gasteiger partial charge in [0.05, 0.1) is 11.4 Å². The van der Waals surface area contributed by atoms with Crippen molar-refractivity contribution in [2.45, 2.75) is 25.7 Å². The molecule has 14 heavy (non-hydrogen) atoms. The maximum Gasteiger partial charge on any atom is 0.0856 e. The van der Waals surface area contributed by atoms with E-state index in [0.717, 1.165) is 24.2 Å². The van der Waals surface area contributed by atoms with Crippen LogP contribution in [0.5, 0.6) is 0 Å². The second-order valence-corrected chi connectivity index (χ2v) is 3.48. The Kier molecular flexibility index (Phi) is 3.06. The number of nitrogens with zero attached hydrogens (tertiary/aromatic N) is 2. The first-order valence-corrected chi connectivity index (χ1v) is 5.11. The van der Waals surface area contributed by atoms with E-state index in [4.69, 9.17) is 0 Å². The van der Waals surface area contributed by atoms with E-state index in [9.17, 15) is 0 Å². The predicted molar refractivity (Wildman–Crippen MR) is 57.5 cm³/mol. The molecule has 2 nitrogen and oxygen atoms in total. The van der Waals surface area contributed by atoms with Gasteiger partial charge < -0.3 is 0 Å². The van der Waals surface area contributed by atoms with Crippen LogP contribution < -0.4 is 0 Å². The number of hydrogen-bond acceptors (Lipinski definition) is 2. The quantitative estimate of drug-likeness (QED) is 0.617. The number of rotatable bonds is 2. The van der Waals surface area contributed by atoms with Crippen LogP contribution in [0.3, 0.4) is 0 Å². The average Bonchev–Trinajstić information content (AvgIpc) is 2.29. The molecule has 2 rings (SSSR count). The normalized spacial score (nSPS) is 17.0. The smallest absolute Gasteiger partial charge is 0.0856 e. The van der Waals surface area contributed by atoms with E-state index in [1.54, 1.807) is 0 Å². The van der Waals surface area contributed by atoms with E-state index in [2.05, 4.69) is 16.3 Å². The third-order valence-electron chi connectivity index (χ3n) is 2.32. The van der Waals surface area contributed by atoms with Crippen molar-refractivity contribution in [2.75, 3.05) is 0 Å². The summed E-state index contributed by atoms with van der Waals surface area (Å²) in [6.07, 6.45) is 6.97. The van der Waals surface area contributed by atoms with Crippen LogP contribution in [0.25, 0.3) is 0 Å². The minimum atomic E-state index is 0.930. The van der Waals surface area contributed by atoms with Gasteiger partial charge in [0.1, 0.15) is 0 Å². The van der Waals surface area contributed by atoms with Crippen molar-refractivity contribution >= 4 is 5.69 Å². The number of azo groups is 1. The predicted octanol–water partition coefficient (Wildman–Crippen LogP) is 4.23. The van der Waals surface area contributed by atoms with E-state index in [0.29, 0.717) is 0 Å². The molecule has 0 atom stereocenters. The van der Waals surface area contributed by atoms with Gasteiger partial charge in [-0.15, -0.1) is 0 Å². The van der Waals surface area contributed by atoms with E-state index in [1.165, 1.54) is 12.8 Å². The highest BCUT2D eigenvalue weighted by Crippen LogP contribution is 2.20. The molecule has 0 unspecified atom stereocenters. The summed E-state index contributed by atoms with van der Waals surface area (Å²) in [6, 6.07) is 9.87. The van der Waals surface area contributed by atoms with Crippen LogP contribution in [-0.4, -0.2) is 0 Å². The molecular weight excluding hydrogens is 172 g/mol. The van der Waals surface area contributed by atoms with E-state index in [-0.39, 0.29) is 0 Å². The summed E-state index contributed by atoms with van der Waals surface area (Å²) < 4.78 is 0. The Morgan fingerprint density at radius 1 is 0.929 bits per heavy atom. The molecule has 0 radical (unpaired) electrons. The molecule has 1 aliphatic carbocycles.